The minimum atomic E-state index is 0.0193. The van der Waals surface area contributed by atoms with Gasteiger partial charge in [-0.3, -0.25) is 0 Å². The summed E-state index contributed by atoms with van der Waals surface area (Å²) in [4.78, 5) is 2.30. The van der Waals surface area contributed by atoms with Crippen LogP contribution in [0, 0.1) is 0 Å². The van der Waals surface area contributed by atoms with Crippen molar-refractivity contribution in [3.05, 3.63) is 82.9 Å². The van der Waals surface area contributed by atoms with E-state index in [0.29, 0.717) is 5.92 Å². The molecule has 20 heavy (non-hydrogen) atoms. The summed E-state index contributed by atoms with van der Waals surface area (Å²) in [6.45, 7) is 1.02. The fourth-order valence-electron chi connectivity index (χ4n) is 4.03. The highest BCUT2D eigenvalue weighted by Gasteiger charge is 2.44. The van der Waals surface area contributed by atoms with Gasteiger partial charge < -0.3 is 4.90 Å². The maximum Gasteiger partial charge on any atom is 0.0515 e. The molecular weight excluding hydrogens is 242 g/mol. The average molecular weight is 261 g/mol. The van der Waals surface area contributed by atoms with Crippen molar-refractivity contribution in [1.82, 2.24) is 4.90 Å². The Hall–Kier alpha value is -1.86. The van der Waals surface area contributed by atoms with Crippen LogP contribution in [0.2, 0.25) is 0 Å². The molecule has 1 nitrogen and oxygen atoms in total. The number of nitrogens with zero attached hydrogens (tertiary/aromatic N) is 1. The van der Waals surface area contributed by atoms with Crippen molar-refractivity contribution in [3.8, 4) is 0 Å². The van der Waals surface area contributed by atoms with Crippen molar-refractivity contribution < 1.29 is 0 Å². The van der Waals surface area contributed by atoms with Crippen molar-refractivity contribution >= 4 is 0 Å². The van der Waals surface area contributed by atoms with E-state index in [1.165, 1.54) is 22.3 Å². The molecule has 0 aromatic heterocycles. The van der Waals surface area contributed by atoms with Crippen molar-refractivity contribution in [3.63, 3.8) is 0 Å². The largest absolute Gasteiger partial charge is 0.308 e. The van der Waals surface area contributed by atoms with Gasteiger partial charge in [0.25, 0.3) is 0 Å². The number of hydrogen-bond donors (Lipinski definition) is 0. The first-order chi connectivity index (χ1) is 9.72. The van der Waals surface area contributed by atoms with Gasteiger partial charge in [-0.2, -0.15) is 0 Å². The molecule has 5 rings (SSSR count). The predicted molar refractivity (Wildman–Crippen MR) is 83.2 cm³/mol. The molecule has 0 aliphatic heterocycles. The van der Waals surface area contributed by atoms with E-state index in [-0.39, 0.29) is 5.41 Å². The molecule has 3 aliphatic rings. The van der Waals surface area contributed by atoms with Crippen LogP contribution in [0.15, 0.2) is 60.7 Å². The average Bonchev–Trinajstić information content (AvgIpc) is 2.48. The summed E-state index contributed by atoms with van der Waals surface area (Å²) in [5.74, 6) is 0.437. The lowest BCUT2D eigenvalue weighted by Crippen LogP contribution is -2.43. The number of allylic oxidation sites excluding steroid dienone is 1. The second-order valence-corrected chi connectivity index (χ2v) is 6.22. The van der Waals surface area contributed by atoms with Gasteiger partial charge >= 0.3 is 0 Å². The molecular formula is C19H19N. The van der Waals surface area contributed by atoms with E-state index in [4.69, 9.17) is 0 Å². The van der Waals surface area contributed by atoms with Gasteiger partial charge in [-0.25, -0.2) is 0 Å². The van der Waals surface area contributed by atoms with Crippen LogP contribution in [-0.2, 0) is 5.41 Å². The zero-order valence-corrected chi connectivity index (χ0v) is 12.0. The predicted octanol–water partition coefficient (Wildman–Crippen LogP) is 3.55. The quantitative estimate of drug-likeness (QED) is 0.747. The molecule has 0 atom stereocenters. The number of likely N-dealkylation sites (N-methyl/N-ethyl adjacent to an activating group) is 1. The lowest BCUT2D eigenvalue weighted by molar-refractivity contribution is 0.343. The fraction of sp³-hybridized carbons (Fsp3) is 0.263. The maximum absolute atomic E-state index is 2.43. The Kier molecular flexibility index (Phi) is 2.42. The Morgan fingerprint density at radius 2 is 1.45 bits per heavy atom. The van der Waals surface area contributed by atoms with Gasteiger partial charge in [0.2, 0.25) is 0 Å². The van der Waals surface area contributed by atoms with Crippen LogP contribution in [0.25, 0.3) is 0 Å². The zero-order valence-electron chi connectivity index (χ0n) is 12.0. The van der Waals surface area contributed by atoms with Crippen LogP contribution in [0.1, 0.15) is 28.2 Å². The normalized spacial score (nSPS) is 25.6. The molecule has 100 valence electrons. The highest BCUT2D eigenvalue weighted by atomic mass is 15.1. The summed E-state index contributed by atoms with van der Waals surface area (Å²) in [7, 11) is 4.32. The zero-order chi connectivity index (χ0) is 13.7. The first-order valence-corrected chi connectivity index (χ1v) is 7.25. The summed E-state index contributed by atoms with van der Waals surface area (Å²) in [6, 6.07) is 17.9. The van der Waals surface area contributed by atoms with Crippen LogP contribution in [0.5, 0.6) is 0 Å². The minimum absolute atomic E-state index is 0.0193. The van der Waals surface area contributed by atoms with Gasteiger partial charge in [0.15, 0.2) is 0 Å². The van der Waals surface area contributed by atoms with Gasteiger partial charge in [0.05, 0.1) is 5.41 Å². The molecule has 3 aliphatic carbocycles. The Labute approximate surface area is 120 Å². The molecule has 2 bridgehead atoms. The SMILES string of the molecule is CN(C)CC12C=CC(c3ccccc31)c1ccccc12. The smallest absolute Gasteiger partial charge is 0.0515 e. The maximum atomic E-state index is 2.43. The number of hydrogen-bond acceptors (Lipinski definition) is 1. The Morgan fingerprint density at radius 3 is 2.00 bits per heavy atom. The Bertz CT molecular complexity index is 649. The summed E-state index contributed by atoms with van der Waals surface area (Å²) in [5, 5.41) is 0. The monoisotopic (exact) mass is 261 g/mol. The first kappa shape index (κ1) is 11.9. The van der Waals surface area contributed by atoms with Crippen LogP contribution in [-0.4, -0.2) is 25.5 Å². The molecule has 1 heteroatoms. The number of benzene rings is 2. The first-order valence-electron chi connectivity index (χ1n) is 7.25. The van der Waals surface area contributed by atoms with Crippen molar-refractivity contribution in [2.24, 2.45) is 0 Å². The summed E-state index contributed by atoms with van der Waals surface area (Å²) >= 11 is 0. The second-order valence-electron chi connectivity index (χ2n) is 6.22. The summed E-state index contributed by atoms with van der Waals surface area (Å²) in [5.41, 5.74) is 5.96. The van der Waals surface area contributed by atoms with Crippen LogP contribution < -0.4 is 0 Å². The van der Waals surface area contributed by atoms with Gasteiger partial charge in [0, 0.05) is 12.5 Å². The third-order valence-corrected chi connectivity index (χ3v) is 4.69. The van der Waals surface area contributed by atoms with E-state index >= 15 is 0 Å². The van der Waals surface area contributed by atoms with E-state index in [1.54, 1.807) is 0 Å². The van der Waals surface area contributed by atoms with Crippen LogP contribution in [0.3, 0.4) is 0 Å². The highest BCUT2D eigenvalue weighted by molar-refractivity contribution is 5.64. The molecule has 0 amide bonds. The van der Waals surface area contributed by atoms with E-state index in [0.717, 1.165) is 6.54 Å². The molecule has 0 unspecified atom stereocenters. The van der Waals surface area contributed by atoms with Gasteiger partial charge in [-0.15, -0.1) is 0 Å². The molecule has 2 aromatic rings. The van der Waals surface area contributed by atoms with Crippen molar-refractivity contribution in [2.45, 2.75) is 11.3 Å². The van der Waals surface area contributed by atoms with E-state index < -0.39 is 0 Å². The second kappa shape index (κ2) is 4.07. The van der Waals surface area contributed by atoms with Crippen LogP contribution in [0.4, 0.5) is 0 Å². The molecule has 0 saturated carbocycles. The van der Waals surface area contributed by atoms with E-state index in [2.05, 4.69) is 79.7 Å². The fourth-order valence-corrected chi connectivity index (χ4v) is 4.03. The van der Waals surface area contributed by atoms with E-state index in [9.17, 15) is 0 Å². The highest BCUT2D eigenvalue weighted by Crippen LogP contribution is 2.52. The van der Waals surface area contributed by atoms with E-state index in [1.807, 2.05) is 0 Å². The van der Waals surface area contributed by atoms with Gasteiger partial charge in [-0.05, 0) is 36.3 Å². The summed E-state index contributed by atoms with van der Waals surface area (Å²) < 4.78 is 0. The lowest BCUT2D eigenvalue weighted by atomic mass is 9.59. The third-order valence-electron chi connectivity index (χ3n) is 4.69. The molecule has 0 N–H and O–H groups in total. The lowest BCUT2D eigenvalue weighted by Gasteiger charge is -2.46. The number of rotatable bonds is 2. The van der Waals surface area contributed by atoms with Crippen molar-refractivity contribution in [2.75, 3.05) is 20.6 Å². The van der Waals surface area contributed by atoms with Gasteiger partial charge in [0.1, 0.15) is 0 Å². The molecule has 0 radical (unpaired) electrons. The minimum Gasteiger partial charge on any atom is -0.308 e. The Balaban J connectivity index is 2.04. The molecule has 2 aromatic carbocycles. The molecule has 0 saturated heterocycles. The van der Waals surface area contributed by atoms with Crippen molar-refractivity contribution in [1.29, 1.82) is 0 Å². The van der Waals surface area contributed by atoms with Gasteiger partial charge in [-0.1, -0.05) is 60.7 Å². The third kappa shape index (κ3) is 1.41. The summed E-state index contributed by atoms with van der Waals surface area (Å²) in [6.07, 6.45) is 4.83. The topological polar surface area (TPSA) is 3.24 Å². The Morgan fingerprint density at radius 1 is 0.900 bits per heavy atom. The molecule has 0 fully saturated rings. The molecule has 0 spiro atoms. The van der Waals surface area contributed by atoms with Crippen LogP contribution >= 0.6 is 0 Å². The molecule has 0 heterocycles. The standard InChI is InChI=1S/C19H19N/c1-20(2)13-19-12-11-14(15-7-3-5-9-17(15)19)16-8-4-6-10-18(16)19/h3-12,14H,13H2,1-2H3.